The highest BCUT2D eigenvalue weighted by Crippen LogP contribution is 2.16. The molecule has 0 fully saturated rings. The van der Waals surface area contributed by atoms with E-state index in [1.54, 1.807) is 0 Å². The largest absolute Gasteiger partial charge is 0.313 e. The van der Waals surface area contributed by atoms with E-state index < -0.39 is 0 Å². The normalized spacial score (nSPS) is 10.5. The van der Waals surface area contributed by atoms with Crippen LogP contribution in [0.25, 0.3) is 0 Å². The Hall–Kier alpha value is -0.0900. The first kappa shape index (κ1) is 12.0. The average molecular weight is 303 g/mol. The second kappa shape index (κ2) is 6.40. The molecule has 0 saturated carbocycles. The smallest absolute Gasteiger partial charge is 0.0216 e. The van der Waals surface area contributed by atoms with Crippen molar-refractivity contribution < 1.29 is 0 Å². The minimum Gasteiger partial charge on any atom is -0.313 e. The fourth-order valence-corrected chi connectivity index (χ4v) is 1.92. The number of hydrogen-bond donors (Lipinski definition) is 1. The molecule has 0 atom stereocenters. The molecule has 0 radical (unpaired) electrons. The number of benzene rings is 1. The first-order valence-electron chi connectivity index (χ1n) is 5.20. The predicted octanol–water partition coefficient (Wildman–Crippen LogP) is 3.49. The molecule has 1 N–H and O–H groups in total. The van der Waals surface area contributed by atoms with Crippen molar-refractivity contribution in [3.05, 3.63) is 32.9 Å². The summed E-state index contributed by atoms with van der Waals surface area (Å²) in [4.78, 5) is 0. The van der Waals surface area contributed by atoms with Crippen LogP contribution in [0.5, 0.6) is 0 Å². The van der Waals surface area contributed by atoms with Crippen molar-refractivity contribution in [3.8, 4) is 0 Å². The van der Waals surface area contributed by atoms with Gasteiger partial charge in [-0.25, -0.2) is 0 Å². The van der Waals surface area contributed by atoms with Crippen LogP contribution >= 0.6 is 22.6 Å². The van der Waals surface area contributed by atoms with E-state index in [1.807, 2.05) is 0 Å². The van der Waals surface area contributed by atoms with E-state index >= 15 is 0 Å². The lowest BCUT2D eigenvalue weighted by atomic mass is 10.1. The van der Waals surface area contributed by atoms with Crippen LogP contribution in [0.15, 0.2) is 18.2 Å². The molecule has 14 heavy (non-hydrogen) atoms. The first-order chi connectivity index (χ1) is 6.75. The van der Waals surface area contributed by atoms with Crippen molar-refractivity contribution in [3.63, 3.8) is 0 Å². The van der Waals surface area contributed by atoms with Gasteiger partial charge in [0.05, 0.1) is 0 Å². The van der Waals surface area contributed by atoms with Gasteiger partial charge in [0.1, 0.15) is 0 Å². The molecule has 1 aromatic carbocycles. The third kappa shape index (κ3) is 3.58. The quantitative estimate of drug-likeness (QED) is 0.648. The van der Waals surface area contributed by atoms with Gasteiger partial charge < -0.3 is 5.32 Å². The van der Waals surface area contributed by atoms with E-state index in [0.717, 1.165) is 13.1 Å². The maximum Gasteiger partial charge on any atom is 0.0216 e. The molecule has 78 valence electrons. The summed E-state index contributed by atoms with van der Waals surface area (Å²) < 4.78 is 1.40. The number of rotatable bonds is 5. The molecule has 0 aliphatic carbocycles. The van der Waals surface area contributed by atoms with Gasteiger partial charge in [0.2, 0.25) is 0 Å². The molecule has 0 aliphatic rings. The summed E-state index contributed by atoms with van der Waals surface area (Å²) in [5, 5.41) is 3.47. The van der Waals surface area contributed by atoms with Crippen LogP contribution in [0.3, 0.4) is 0 Å². The van der Waals surface area contributed by atoms with Crippen molar-refractivity contribution in [2.45, 2.75) is 33.2 Å². The van der Waals surface area contributed by atoms with Gasteiger partial charge >= 0.3 is 0 Å². The van der Waals surface area contributed by atoms with Crippen LogP contribution in [0.4, 0.5) is 0 Å². The van der Waals surface area contributed by atoms with Crippen LogP contribution in [0, 0.1) is 10.5 Å². The van der Waals surface area contributed by atoms with Crippen molar-refractivity contribution in [2.75, 3.05) is 6.54 Å². The van der Waals surface area contributed by atoms with Crippen LogP contribution in [0.2, 0.25) is 0 Å². The van der Waals surface area contributed by atoms with Crippen LogP contribution in [0.1, 0.15) is 30.9 Å². The highest BCUT2D eigenvalue weighted by atomic mass is 127. The third-order valence-corrected chi connectivity index (χ3v) is 3.84. The van der Waals surface area contributed by atoms with Gasteiger partial charge in [-0.15, -0.1) is 0 Å². The van der Waals surface area contributed by atoms with Gasteiger partial charge in [-0.05, 0) is 53.6 Å². The predicted molar refractivity (Wildman–Crippen MR) is 70.5 cm³/mol. The third-order valence-electron chi connectivity index (χ3n) is 2.29. The van der Waals surface area contributed by atoms with Crippen molar-refractivity contribution in [1.82, 2.24) is 5.32 Å². The zero-order chi connectivity index (χ0) is 10.4. The SMILES string of the molecule is CCCCNCc1cccc(C)c1I. The number of halogens is 1. The summed E-state index contributed by atoms with van der Waals surface area (Å²) in [6, 6.07) is 6.50. The Bertz CT molecular complexity index is 284. The zero-order valence-corrected chi connectivity index (χ0v) is 11.1. The molecular formula is C12H18IN. The van der Waals surface area contributed by atoms with Crippen molar-refractivity contribution in [2.24, 2.45) is 0 Å². The Morgan fingerprint density at radius 2 is 2.14 bits per heavy atom. The first-order valence-corrected chi connectivity index (χ1v) is 6.28. The Labute approximate surface area is 100 Å². The zero-order valence-electron chi connectivity index (χ0n) is 8.94. The molecular weight excluding hydrogens is 285 g/mol. The molecule has 1 rings (SSSR count). The van der Waals surface area contributed by atoms with Crippen molar-refractivity contribution in [1.29, 1.82) is 0 Å². The van der Waals surface area contributed by atoms with Gasteiger partial charge in [0.15, 0.2) is 0 Å². The topological polar surface area (TPSA) is 12.0 Å². The monoisotopic (exact) mass is 303 g/mol. The lowest BCUT2D eigenvalue weighted by Gasteiger charge is -2.08. The molecule has 2 heteroatoms. The number of hydrogen-bond acceptors (Lipinski definition) is 1. The minimum atomic E-state index is 1.000. The maximum atomic E-state index is 3.47. The molecule has 1 aromatic rings. The molecule has 1 nitrogen and oxygen atoms in total. The second-order valence-electron chi connectivity index (χ2n) is 3.58. The summed E-state index contributed by atoms with van der Waals surface area (Å²) in [6.07, 6.45) is 2.53. The van der Waals surface area contributed by atoms with E-state index in [2.05, 4.69) is 60.0 Å². The Morgan fingerprint density at radius 3 is 2.86 bits per heavy atom. The van der Waals surface area contributed by atoms with Gasteiger partial charge in [-0.1, -0.05) is 31.5 Å². The van der Waals surface area contributed by atoms with Crippen LogP contribution in [-0.4, -0.2) is 6.54 Å². The fraction of sp³-hybridized carbons (Fsp3) is 0.500. The summed E-state index contributed by atoms with van der Waals surface area (Å²) >= 11 is 2.43. The minimum absolute atomic E-state index is 1.000. The molecule has 0 bridgehead atoms. The van der Waals surface area contributed by atoms with Gasteiger partial charge in [-0.2, -0.15) is 0 Å². The lowest BCUT2D eigenvalue weighted by molar-refractivity contribution is 0.640. The highest BCUT2D eigenvalue weighted by molar-refractivity contribution is 14.1. The maximum absolute atomic E-state index is 3.47. The van der Waals surface area contributed by atoms with E-state index in [4.69, 9.17) is 0 Å². The molecule has 0 saturated heterocycles. The lowest BCUT2D eigenvalue weighted by Crippen LogP contribution is -2.15. The van der Waals surface area contributed by atoms with E-state index in [1.165, 1.54) is 27.5 Å². The molecule has 0 aliphatic heterocycles. The van der Waals surface area contributed by atoms with Crippen LogP contribution in [-0.2, 0) is 6.54 Å². The van der Waals surface area contributed by atoms with E-state index in [0.29, 0.717) is 0 Å². The average Bonchev–Trinajstić information content (AvgIpc) is 2.19. The number of nitrogens with one attached hydrogen (secondary N) is 1. The van der Waals surface area contributed by atoms with Gasteiger partial charge in [0, 0.05) is 10.1 Å². The summed E-state index contributed by atoms with van der Waals surface area (Å²) in [5.41, 5.74) is 2.79. The van der Waals surface area contributed by atoms with Gasteiger partial charge in [-0.3, -0.25) is 0 Å². The molecule has 0 heterocycles. The number of aryl methyl sites for hydroxylation is 1. The van der Waals surface area contributed by atoms with Gasteiger partial charge in [0.25, 0.3) is 0 Å². The van der Waals surface area contributed by atoms with Crippen LogP contribution < -0.4 is 5.32 Å². The van der Waals surface area contributed by atoms with E-state index in [-0.39, 0.29) is 0 Å². The van der Waals surface area contributed by atoms with Crippen molar-refractivity contribution >= 4 is 22.6 Å². The highest BCUT2D eigenvalue weighted by Gasteiger charge is 2.00. The standard InChI is InChI=1S/C12H18IN/c1-3-4-8-14-9-11-7-5-6-10(2)12(11)13/h5-7,14H,3-4,8-9H2,1-2H3. The second-order valence-corrected chi connectivity index (χ2v) is 4.66. The summed E-state index contributed by atoms with van der Waals surface area (Å²) in [6.45, 7) is 6.51. The molecule has 0 spiro atoms. The Morgan fingerprint density at radius 1 is 1.36 bits per heavy atom. The molecule has 0 unspecified atom stereocenters. The Kier molecular flexibility index (Phi) is 5.48. The molecule has 0 aromatic heterocycles. The fourth-order valence-electron chi connectivity index (χ4n) is 1.37. The number of unbranched alkanes of at least 4 members (excludes halogenated alkanes) is 1. The molecule has 0 amide bonds. The summed E-state index contributed by atoms with van der Waals surface area (Å²) in [7, 11) is 0. The summed E-state index contributed by atoms with van der Waals surface area (Å²) in [5.74, 6) is 0. The van der Waals surface area contributed by atoms with E-state index in [9.17, 15) is 0 Å². The Balaban J connectivity index is 2.46.